The highest BCUT2D eigenvalue weighted by molar-refractivity contribution is 5.41. The Morgan fingerprint density at radius 2 is 2.12 bits per heavy atom. The molecule has 3 rings (SSSR count). The first-order valence-electron chi connectivity index (χ1n) is 8.48. The van der Waals surface area contributed by atoms with E-state index in [-0.39, 0.29) is 16.7 Å². The first kappa shape index (κ1) is 17.5. The van der Waals surface area contributed by atoms with E-state index < -0.39 is 0 Å². The van der Waals surface area contributed by atoms with Gasteiger partial charge in [-0.15, -0.1) is 0 Å². The zero-order valence-corrected chi connectivity index (χ0v) is 15.2. The van der Waals surface area contributed by atoms with Gasteiger partial charge in [0.2, 0.25) is 0 Å². The molecule has 134 valence electrons. The Morgan fingerprint density at radius 3 is 2.76 bits per heavy atom. The first-order chi connectivity index (χ1) is 11.8. The van der Waals surface area contributed by atoms with Crippen LogP contribution >= 0.6 is 0 Å². The van der Waals surface area contributed by atoms with Gasteiger partial charge in [-0.25, -0.2) is 4.98 Å². The average molecular weight is 343 g/mol. The normalized spacial score (nSPS) is 15.0. The molecule has 2 aromatic rings. The van der Waals surface area contributed by atoms with Crippen LogP contribution in [0.25, 0.3) is 0 Å². The summed E-state index contributed by atoms with van der Waals surface area (Å²) in [5, 5.41) is 9.94. The molecule has 6 heteroatoms. The van der Waals surface area contributed by atoms with Crippen LogP contribution in [0.3, 0.4) is 0 Å². The van der Waals surface area contributed by atoms with Crippen LogP contribution in [0.15, 0.2) is 23.0 Å². The highest BCUT2D eigenvalue weighted by Crippen LogP contribution is 2.27. The van der Waals surface area contributed by atoms with Gasteiger partial charge in [0, 0.05) is 30.6 Å². The molecule has 0 saturated heterocycles. The number of ether oxygens (including phenoxy) is 1. The molecule has 0 fully saturated rings. The van der Waals surface area contributed by atoms with Crippen LogP contribution < -0.4 is 10.3 Å². The zero-order valence-electron chi connectivity index (χ0n) is 15.2. The van der Waals surface area contributed by atoms with Crippen molar-refractivity contribution in [1.82, 2.24) is 14.9 Å². The highest BCUT2D eigenvalue weighted by atomic mass is 16.5. The topological polar surface area (TPSA) is 78.5 Å². The fraction of sp³-hybridized carbons (Fsp3) is 0.474. The third-order valence-electron chi connectivity index (χ3n) is 4.51. The lowest BCUT2D eigenvalue weighted by Crippen LogP contribution is -2.36. The largest absolute Gasteiger partial charge is 0.504 e. The molecule has 1 aliphatic heterocycles. The van der Waals surface area contributed by atoms with Crippen molar-refractivity contribution in [3.05, 3.63) is 51.2 Å². The quantitative estimate of drug-likeness (QED) is 0.894. The van der Waals surface area contributed by atoms with Gasteiger partial charge in [-0.05, 0) is 24.1 Å². The van der Waals surface area contributed by atoms with Gasteiger partial charge < -0.3 is 14.8 Å². The molecule has 0 saturated carbocycles. The minimum atomic E-state index is -0.196. The van der Waals surface area contributed by atoms with E-state index in [4.69, 9.17) is 9.72 Å². The Labute approximate surface area is 147 Å². The molecule has 1 aromatic carbocycles. The maximum atomic E-state index is 12.4. The molecule has 0 bridgehead atoms. The van der Waals surface area contributed by atoms with Crippen molar-refractivity contribution < 1.29 is 9.84 Å². The molecular formula is C19H25N3O3. The monoisotopic (exact) mass is 343 g/mol. The number of aromatic hydroxyl groups is 1. The third kappa shape index (κ3) is 3.69. The van der Waals surface area contributed by atoms with Gasteiger partial charge in [-0.1, -0.05) is 26.8 Å². The van der Waals surface area contributed by atoms with Crippen LogP contribution in [0.4, 0.5) is 0 Å². The van der Waals surface area contributed by atoms with Crippen molar-refractivity contribution in [2.45, 2.75) is 45.7 Å². The van der Waals surface area contributed by atoms with Gasteiger partial charge in [0.25, 0.3) is 5.56 Å². The second-order valence-corrected chi connectivity index (χ2v) is 7.56. The highest BCUT2D eigenvalue weighted by Gasteiger charge is 2.24. The van der Waals surface area contributed by atoms with E-state index in [9.17, 15) is 9.90 Å². The van der Waals surface area contributed by atoms with Crippen molar-refractivity contribution in [3.63, 3.8) is 0 Å². The number of nitrogens with one attached hydrogen (secondary N) is 1. The van der Waals surface area contributed by atoms with Gasteiger partial charge in [0.15, 0.2) is 11.5 Å². The van der Waals surface area contributed by atoms with E-state index in [1.165, 1.54) is 7.11 Å². The number of nitrogens with zero attached hydrogens (tertiary/aromatic N) is 2. The molecule has 1 aliphatic rings. The Bertz CT molecular complexity index is 837. The Balaban J connectivity index is 1.82. The minimum Gasteiger partial charge on any atom is -0.504 e. The number of hydrogen-bond acceptors (Lipinski definition) is 5. The van der Waals surface area contributed by atoms with E-state index in [2.05, 4.69) is 9.88 Å². The summed E-state index contributed by atoms with van der Waals surface area (Å²) in [5.74, 6) is 1.33. The van der Waals surface area contributed by atoms with Crippen LogP contribution in [0.2, 0.25) is 0 Å². The fourth-order valence-electron chi connectivity index (χ4n) is 3.08. The summed E-state index contributed by atoms with van der Waals surface area (Å²) in [7, 11) is 1.53. The number of rotatable bonds is 3. The minimum absolute atomic E-state index is 0.0170. The average Bonchev–Trinajstić information content (AvgIpc) is 2.54. The molecule has 0 unspecified atom stereocenters. The Morgan fingerprint density at radius 1 is 1.36 bits per heavy atom. The third-order valence-corrected chi connectivity index (χ3v) is 4.51. The second kappa shape index (κ2) is 6.52. The lowest BCUT2D eigenvalue weighted by Gasteiger charge is -2.29. The number of H-pyrrole nitrogens is 1. The van der Waals surface area contributed by atoms with Crippen LogP contribution in [0, 0.1) is 0 Å². The first-order valence-corrected chi connectivity index (χ1v) is 8.48. The van der Waals surface area contributed by atoms with Crippen molar-refractivity contribution in [2.75, 3.05) is 13.7 Å². The van der Waals surface area contributed by atoms with Crippen LogP contribution in [0.1, 0.15) is 43.4 Å². The molecule has 25 heavy (non-hydrogen) atoms. The standard InChI is InChI=1S/C19H25N3O3/c1-19(2,3)18-20-14-11-22(8-7-13(14)17(24)21-18)10-12-5-6-16(25-4)15(23)9-12/h5-6,9,23H,7-8,10-11H2,1-4H3,(H,20,21,24). The maximum absolute atomic E-state index is 12.4. The number of phenols is 1. The van der Waals surface area contributed by atoms with Crippen LogP contribution in [-0.4, -0.2) is 33.6 Å². The molecule has 0 amide bonds. The number of aromatic nitrogens is 2. The Hall–Kier alpha value is -2.34. The van der Waals surface area contributed by atoms with Crippen molar-refractivity contribution in [1.29, 1.82) is 0 Å². The van der Waals surface area contributed by atoms with E-state index >= 15 is 0 Å². The number of methoxy groups -OCH3 is 1. The molecular weight excluding hydrogens is 318 g/mol. The lowest BCUT2D eigenvalue weighted by atomic mass is 9.95. The van der Waals surface area contributed by atoms with E-state index in [1.807, 2.05) is 26.8 Å². The zero-order chi connectivity index (χ0) is 18.2. The number of hydrogen-bond donors (Lipinski definition) is 2. The molecule has 0 aliphatic carbocycles. The SMILES string of the molecule is COc1ccc(CN2CCc3c(nc(C(C)(C)C)[nH]c3=O)C2)cc1O. The molecule has 1 aromatic heterocycles. The van der Waals surface area contributed by atoms with Gasteiger partial charge in [-0.2, -0.15) is 0 Å². The summed E-state index contributed by atoms with van der Waals surface area (Å²) in [5.41, 5.74) is 2.44. The van der Waals surface area contributed by atoms with E-state index in [1.54, 1.807) is 12.1 Å². The molecule has 0 radical (unpaired) electrons. The summed E-state index contributed by atoms with van der Waals surface area (Å²) in [4.78, 5) is 22.2. The fourth-order valence-corrected chi connectivity index (χ4v) is 3.08. The summed E-state index contributed by atoms with van der Waals surface area (Å²) >= 11 is 0. The molecule has 2 N–H and O–H groups in total. The number of aromatic amines is 1. The van der Waals surface area contributed by atoms with Gasteiger partial charge in [0.1, 0.15) is 5.82 Å². The summed E-state index contributed by atoms with van der Waals surface area (Å²) in [6, 6.07) is 5.43. The van der Waals surface area contributed by atoms with Gasteiger partial charge in [0.05, 0.1) is 12.8 Å². The van der Waals surface area contributed by atoms with Gasteiger partial charge in [-0.3, -0.25) is 9.69 Å². The van der Waals surface area contributed by atoms with Gasteiger partial charge >= 0.3 is 0 Å². The van der Waals surface area contributed by atoms with E-state index in [0.29, 0.717) is 25.3 Å². The molecule has 0 spiro atoms. The Kier molecular flexibility index (Phi) is 4.56. The summed E-state index contributed by atoms with van der Waals surface area (Å²) < 4.78 is 5.08. The smallest absolute Gasteiger partial charge is 0.254 e. The predicted octanol–water partition coefficient (Wildman–Crippen LogP) is 2.34. The molecule has 0 atom stereocenters. The number of phenolic OH excluding ortho intramolecular Hbond substituents is 1. The van der Waals surface area contributed by atoms with E-state index in [0.717, 1.165) is 29.2 Å². The van der Waals surface area contributed by atoms with Crippen molar-refractivity contribution in [3.8, 4) is 11.5 Å². The summed E-state index contributed by atoms with van der Waals surface area (Å²) in [6.45, 7) is 8.24. The summed E-state index contributed by atoms with van der Waals surface area (Å²) in [6.07, 6.45) is 0.685. The second-order valence-electron chi connectivity index (χ2n) is 7.56. The van der Waals surface area contributed by atoms with Crippen LogP contribution in [0.5, 0.6) is 11.5 Å². The lowest BCUT2D eigenvalue weighted by molar-refractivity contribution is 0.239. The number of fused-ring (bicyclic) bond motifs is 1. The molecule has 2 heterocycles. The number of benzene rings is 1. The predicted molar refractivity (Wildman–Crippen MR) is 96.0 cm³/mol. The van der Waals surface area contributed by atoms with Crippen molar-refractivity contribution in [2.24, 2.45) is 0 Å². The van der Waals surface area contributed by atoms with Crippen molar-refractivity contribution >= 4 is 0 Å². The molecule has 6 nitrogen and oxygen atoms in total. The van der Waals surface area contributed by atoms with Crippen LogP contribution in [-0.2, 0) is 24.9 Å². The maximum Gasteiger partial charge on any atom is 0.254 e.